The van der Waals surface area contributed by atoms with E-state index in [9.17, 15) is 0 Å². The summed E-state index contributed by atoms with van der Waals surface area (Å²) in [5.41, 5.74) is 0. The molecule has 0 saturated carbocycles. The van der Waals surface area contributed by atoms with Gasteiger partial charge < -0.3 is 0 Å². The zero-order valence-corrected chi connectivity index (χ0v) is 14.2. The summed E-state index contributed by atoms with van der Waals surface area (Å²) >= 11 is 3.42. The normalized spacial score (nSPS) is 9.88. The topological polar surface area (TPSA) is 0 Å². The first-order valence-electron chi connectivity index (χ1n) is 7.89. The smallest absolute Gasteiger partial charge is 0.00313 e. The van der Waals surface area contributed by atoms with Gasteiger partial charge in [-0.2, -0.15) is 0 Å². The van der Waals surface area contributed by atoms with Gasteiger partial charge in [0.2, 0.25) is 0 Å². The summed E-state index contributed by atoms with van der Waals surface area (Å²) in [6.07, 6.45) is 16.9. The highest BCUT2D eigenvalue weighted by Gasteiger charge is 1.86. The predicted molar refractivity (Wildman–Crippen MR) is 86.2 cm³/mol. The highest BCUT2D eigenvalue weighted by atomic mass is 79.9. The molecular formula is C16H35Br. The molecule has 0 bridgehead atoms. The maximum atomic E-state index is 3.42. The summed E-state index contributed by atoms with van der Waals surface area (Å²) in [5.74, 6) is 0. The summed E-state index contributed by atoms with van der Waals surface area (Å²) in [5, 5.41) is 1.18. The fourth-order valence-electron chi connectivity index (χ4n) is 1.73. The molecule has 0 aliphatic carbocycles. The van der Waals surface area contributed by atoms with Gasteiger partial charge in [-0.15, -0.1) is 0 Å². The lowest BCUT2D eigenvalue weighted by molar-refractivity contribution is 0.624. The number of alkyl halides is 1. The van der Waals surface area contributed by atoms with Crippen LogP contribution in [0.5, 0.6) is 0 Å². The van der Waals surface area contributed by atoms with Crippen molar-refractivity contribution in [3.63, 3.8) is 0 Å². The molecule has 0 amide bonds. The molecule has 0 radical (unpaired) electrons. The van der Waals surface area contributed by atoms with Crippen LogP contribution in [0.3, 0.4) is 0 Å². The Morgan fingerprint density at radius 3 is 1.06 bits per heavy atom. The van der Waals surface area contributed by atoms with Crippen molar-refractivity contribution in [2.75, 3.05) is 5.33 Å². The standard InChI is InChI=1S/C8H17Br.C8H18/c1-2-3-4-5-6-7-8-9;1-3-5-7-8-6-4-2/h2-8H2,1H3;3-8H2,1-2H3. The van der Waals surface area contributed by atoms with Crippen molar-refractivity contribution in [1.29, 1.82) is 0 Å². The third-order valence-corrected chi connectivity index (χ3v) is 3.51. The van der Waals surface area contributed by atoms with E-state index in [-0.39, 0.29) is 0 Å². The molecule has 0 aromatic carbocycles. The van der Waals surface area contributed by atoms with Crippen LogP contribution in [-0.4, -0.2) is 5.33 Å². The van der Waals surface area contributed by atoms with E-state index in [0.29, 0.717) is 0 Å². The highest BCUT2D eigenvalue weighted by molar-refractivity contribution is 9.09. The monoisotopic (exact) mass is 306 g/mol. The second-order valence-electron chi connectivity index (χ2n) is 4.87. The molecule has 0 N–H and O–H groups in total. The maximum Gasteiger partial charge on any atom is 0.00313 e. The van der Waals surface area contributed by atoms with Crippen LogP contribution < -0.4 is 0 Å². The van der Waals surface area contributed by atoms with E-state index in [1.54, 1.807) is 0 Å². The van der Waals surface area contributed by atoms with E-state index >= 15 is 0 Å². The zero-order valence-electron chi connectivity index (χ0n) is 12.6. The third-order valence-electron chi connectivity index (χ3n) is 2.94. The zero-order chi connectivity index (χ0) is 13.2. The summed E-state index contributed by atoms with van der Waals surface area (Å²) in [6, 6.07) is 0. The molecule has 0 rings (SSSR count). The molecule has 0 aromatic rings. The fraction of sp³-hybridized carbons (Fsp3) is 1.00. The summed E-state index contributed by atoms with van der Waals surface area (Å²) in [6.45, 7) is 6.77. The minimum atomic E-state index is 1.18. The van der Waals surface area contributed by atoms with Crippen molar-refractivity contribution >= 4 is 15.9 Å². The van der Waals surface area contributed by atoms with Gasteiger partial charge in [0.25, 0.3) is 0 Å². The van der Waals surface area contributed by atoms with Crippen LogP contribution in [0.4, 0.5) is 0 Å². The van der Waals surface area contributed by atoms with Crippen molar-refractivity contribution in [1.82, 2.24) is 0 Å². The maximum absolute atomic E-state index is 3.42. The molecule has 0 unspecified atom stereocenters. The Hall–Kier alpha value is 0.480. The van der Waals surface area contributed by atoms with E-state index < -0.39 is 0 Å². The molecule has 0 aliphatic rings. The van der Waals surface area contributed by atoms with Gasteiger partial charge in [-0.05, 0) is 6.42 Å². The number of unbranched alkanes of at least 4 members (excludes halogenated alkanes) is 10. The van der Waals surface area contributed by atoms with Crippen LogP contribution >= 0.6 is 15.9 Å². The van der Waals surface area contributed by atoms with Crippen LogP contribution in [-0.2, 0) is 0 Å². The van der Waals surface area contributed by atoms with Crippen LogP contribution in [0, 0.1) is 0 Å². The average Bonchev–Trinajstić information content (AvgIpc) is 2.36. The second-order valence-corrected chi connectivity index (χ2v) is 5.66. The number of hydrogen-bond donors (Lipinski definition) is 0. The first kappa shape index (κ1) is 19.8. The number of rotatable bonds is 11. The lowest BCUT2D eigenvalue weighted by atomic mass is 10.1. The quantitative estimate of drug-likeness (QED) is 0.282. The molecule has 0 fully saturated rings. The highest BCUT2D eigenvalue weighted by Crippen LogP contribution is 2.05. The Balaban J connectivity index is 0. The molecule has 1 heteroatoms. The molecule has 106 valence electrons. The number of halogens is 1. The Labute approximate surface area is 119 Å². The van der Waals surface area contributed by atoms with E-state index in [0.717, 1.165) is 0 Å². The lowest BCUT2D eigenvalue weighted by Crippen LogP contribution is -1.78. The second kappa shape index (κ2) is 21.7. The molecule has 0 saturated heterocycles. The van der Waals surface area contributed by atoms with Gasteiger partial charge in [0.05, 0.1) is 0 Å². The lowest BCUT2D eigenvalue weighted by Gasteiger charge is -1.95. The molecule has 0 atom stereocenters. The first-order valence-corrected chi connectivity index (χ1v) is 9.01. The van der Waals surface area contributed by atoms with Crippen LogP contribution in [0.25, 0.3) is 0 Å². The molecule has 17 heavy (non-hydrogen) atoms. The molecule has 0 aliphatic heterocycles. The van der Waals surface area contributed by atoms with Gasteiger partial charge in [-0.3, -0.25) is 0 Å². The summed E-state index contributed by atoms with van der Waals surface area (Å²) in [4.78, 5) is 0. The molecule has 0 aromatic heterocycles. The molecule has 0 heterocycles. The molecule has 0 nitrogen and oxygen atoms in total. The van der Waals surface area contributed by atoms with E-state index in [2.05, 4.69) is 36.7 Å². The Morgan fingerprint density at radius 2 is 0.765 bits per heavy atom. The van der Waals surface area contributed by atoms with E-state index in [1.807, 2.05) is 0 Å². The van der Waals surface area contributed by atoms with Crippen molar-refractivity contribution in [2.24, 2.45) is 0 Å². The van der Waals surface area contributed by atoms with Gasteiger partial charge in [-0.1, -0.05) is 107 Å². The van der Waals surface area contributed by atoms with E-state index in [4.69, 9.17) is 0 Å². The van der Waals surface area contributed by atoms with Crippen LogP contribution in [0.1, 0.15) is 97.8 Å². The predicted octanol–water partition coefficient (Wildman–Crippen LogP) is 7.11. The Bertz CT molecular complexity index is 89.7. The number of hydrogen-bond acceptors (Lipinski definition) is 0. The average molecular weight is 307 g/mol. The SMILES string of the molecule is CCCCCCCC.CCCCCCCCBr. The van der Waals surface area contributed by atoms with Crippen LogP contribution in [0.15, 0.2) is 0 Å². The van der Waals surface area contributed by atoms with Gasteiger partial charge in [-0.25, -0.2) is 0 Å². The van der Waals surface area contributed by atoms with Gasteiger partial charge in [0.1, 0.15) is 0 Å². The summed E-state index contributed by atoms with van der Waals surface area (Å²) in [7, 11) is 0. The van der Waals surface area contributed by atoms with Gasteiger partial charge in [0.15, 0.2) is 0 Å². The van der Waals surface area contributed by atoms with Crippen molar-refractivity contribution in [2.45, 2.75) is 97.8 Å². The third kappa shape index (κ3) is 26.2. The van der Waals surface area contributed by atoms with Crippen LogP contribution in [0.2, 0.25) is 0 Å². The van der Waals surface area contributed by atoms with Crippen molar-refractivity contribution < 1.29 is 0 Å². The Kier molecular flexibility index (Phi) is 25.3. The minimum Gasteiger partial charge on any atom is -0.0928 e. The van der Waals surface area contributed by atoms with Gasteiger partial charge >= 0.3 is 0 Å². The van der Waals surface area contributed by atoms with Gasteiger partial charge in [0, 0.05) is 5.33 Å². The first-order chi connectivity index (χ1) is 8.33. The van der Waals surface area contributed by atoms with Crippen molar-refractivity contribution in [3.05, 3.63) is 0 Å². The van der Waals surface area contributed by atoms with E-state index in [1.165, 1.54) is 82.4 Å². The fourth-order valence-corrected chi connectivity index (χ4v) is 2.12. The molecule has 0 spiro atoms. The largest absolute Gasteiger partial charge is 0.0928 e. The summed E-state index contributed by atoms with van der Waals surface area (Å²) < 4.78 is 0. The Morgan fingerprint density at radius 1 is 0.471 bits per heavy atom. The minimum absolute atomic E-state index is 1.18. The molecular weight excluding hydrogens is 272 g/mol. The van der Waals surface area contributed by atoms with Crippen molar-refractivity contribution in [3.8, 4) is 0 Å².